The van der Waals surface area contributed by atoms with Crippen LogP contribution in [0.3, 0.4) is 0 Å². The molecule has 4 heterocycles. The molecular formula is C38H64N14O4. The fourth-order valence-corrected chi connectivity index (χ4v) is 7.93. The Morgan fingerprint density at radius 2 is 0.929 bits per heavy atom. The van der Waals surface area contributed by atoms with E-state index in [0.717, 1.165) is 63.8 Å². The topological polar surface area (TPSA) is 227 Å². The molecule has 0 aliphatic carbocycles. The number of aromatic nitrogens is 6. The van der Waals surface area contributed by atoms with E-state index in [4.69, 9.17) is 9.47 Å². The van der Waals surface area contributed by atoms with Gasteiger partial charge in [-0.3, -0.25) is 0 Å². The van der Waals surface area contributed by atoms with Gasteiger partial charge in [-0.25, -0.2) is 19.6 Å². The molecule has 0 unspecified atom stereocenters. The van der Waals surface area contributed by atoms with Crippen molar-refractivity contribution in [3.8, 4) is 0 Å². The van der Waals surface area contributed by atoms with E-state index in [9.17, 15) is 9.59 Å². The molecule has 0 saturated carbocycles. The number of carbonyl (C=O) groups is 2. The average Bonchev–Trinajstić information content (AvgIpc) is 3.05. The van der Waals surface area contributed by atoms with Crippen molar-refractivity contribution in [2.75, 3.05) is 47.6 Å². The molecule has 0 aromatic carbocycles. The van der Waals surface area contributed by atoms with E-state index in [-0.39, 0.29) is 59.3 Å². The third kappa shape index (κ3) is 15.5. The predicted molar refractivity (Wildman–Crippen MR) is 221 cm³/mol. The Morgan fingerprint density at radius 3 is 1.27 bits per heavy atom. The van der Waals surface area contributed by atoms with E-state index in [1.165, 1.54) is 0 Å². The number of piperidine rings is 2. The first kappa shape index (κ1) is 44.1. The molecule has 18 heteroatoms. The van der Waals surface area contributed by atoms with Crippen LogP contribution >= 0.6 is 0 Å². The van der Waals surface area contributed by atoms with Crippen molar-refractivity contribution in [2.24, 2.45) is 9.98 Å². The Hall–Kier alpha value is -4.58. The molecule has 0 bridgehead atoms. The number of rotatable bonds is 19. The lowest BCUT2D eigenvalue weighted by Crippen LogP contribution is -2.60. The van der Waals surface area contributed by atoms with Gasteiger partial charge in [0.25, 0.3) is 11.9 Å². The SMILES string of the molecule is CCOC(=O)/C=N/c1nc(NCCCCCCNc2nc(/N=C/C(=O)OCC)nc(NC3CC(C)(C)NC(C)(C)C3)n2)nc(NC2CC(C)(C)NC(C)(C)C2)n1. The quantitative estimate of drug-likeness (QED) is 0.0618. The predicted octanol–water partition coefficient (Wildman–Crippen LogP) is 5.11. The van der Waals surface area contributed by atoms with Gasteiger partial charge >= 0.3 is 11.9 Å². The number of hydrogen-bond donors (Lipinski definition) is 6. The summed E-state index contributed by atoms with van der Waals surface area (Å²) in [5, 5.41) is 21.0. The highest BCUT2D eigenvalue weighted by atomic mass is 16.5. The summed E-state index contributed by atoms with van der Waals surface area (Å²) in [6.45, 7) is 22.8. The van der Waals surface area contributed by atoms with E-state index in [1.807, 2.05) is 0 Å². The molecule has 56 heavy (non-hydrogen) atoms. The highest BCUT2D eigenvalue weighted by Crippen LogP contribution is 2.31. The number of anilines is 4. The molecule has 4 rings (SSSR count). The smallest absolute Gasteiger partial charge is 0.349 e. The lowest BCUT2D eigenvalue weighted by molar-refractivity contribution is -0.135. The Balaban J connectivity index is 1.31. The fraction of sp³-hybridized carbons (Fsp3) is 0.737. The summed E-state index contributed by atoms with van der Waals surface area (Å²) in [5.41, 5.74) is -0.261. The van der Waals surface area contributed by atoms with Crippen LogP contribution in [0.2, 0.25) is 0 Å². The number of unbranched alkanes of at least 4 members (excludes halogenated alkanes) is 3. The minimum atomic E-state index is -0.561. The third-order valence-electron chi connectivity index (χ3n) is 9.11. The van der Waals surface area contributed by atoms with Crippen LogP contribution in [0.1, 0.15) is 121 Å². The first-order valence-corrected chi connectivity index (χ1v) is 19.9. The molecule has 2 saturated heterocycles. The molecule has 0 spiro atoms. The molecule has 18 nitrogen and oxygen atoms in total. The van der Waals surface area contributed by atoms with Gasteiger partial charge < -0.3 is 41.4 Å². The molecule has 6 N–H and O–H groups in total. The molecule has 2 aliphatic rings. The average molecular weight is 781 g/mol. The molecule has 310 valence electrons. The Labute approximate surface area is 331 Å². The summed E-state index contributed by atoms with van der Waals surface area (Å²) < 4.78 is 9.95. The number of nitrogens with one attached hydrogen (secondary N) is 6. The van der Waals surface area contributed by atoms with Crippen LogP contribution < -0.4 is 31.9 Å². The number of ether oxygens (including phenoxy) is 2. The van der Waals surface area contributed by atoms with Gasteiger partial charge in [0, 0.05) is 47.3 Å². The van der Waals surface area contributed by atoms with Crippen LogP contribution in [0, 0.1) is 0 Å². The molecule has 2 aromatic heterocycles. The van der Waals surface area contributed by atoms with Crippen LogP contribution in [-0.2, 0) is 19.1 Å². The maximum atomic E-state index is 11.9. The third-order valence-corrected chi connectivity index (χ3v) is 9.11. The van der Waals surface area contributed by atoms with E-state index in [2.05, 4.69) is 127 Å². The van der Waals surface area contributed by atoms with Gasteiger partial charge in [-0.2, -0.15) is 29.9 Å². The minimum absolute atomic E-state index is 0.0653. The maximum absolute atomic E-state index is 11.9. The molecular weight excluding hydrogens is 717 g/mol. The van der Waals surface area contributed by atoms with Crippen LogP contribution in [0.15, 0.2) is 9.98 Å². The Morgan fingerprint density at radius 1 is 0.589 bits per heavy atom. The molecule has 2 aliphatic heterocycles. The zero-order valence-corrected chi connectivity index (χ0v) is 35.0. The zero-order chi connectivity index (χ0) is 41.0. The van der Waals surface area contributed by atoms with Gasteiger partial charge in [-0.05, 0) is 108 Å². The second-order valence-corrected chi connectivity index (χ2v) is 17.1. The monoisotopic (exact) mass is 781 g/mol. The van der Waals surface area contributed by atoms with Gasteiger partial charge in [0.05, 0.1) is 13.2 Å². The van der Waals surface area contributed by atoms with Crippen molar-refractivity contribution in [3.63, 3.8) is 0 Å². The molecule has 2 fully saturated rings. The van der Waals surface area contributed by atoms with Gasteiger partial charge in [0.1, 0.15) is 12.4 Å². The fourth-order valence-electron chi connectivity index (χ4n) is 7.93. The number of hydrogen-bond acceptors (Lipinski definition) is 18. The first-order valence-electron chi connectivity index (χ1n) is 19.9. The maximum Gasteiger partial charge on any atom is 0.349 e. The second kappa shape index (κ2) is 19.5. The van der Waals surface area contributed by atoms with Crippen molar-refractivity contribution in [3.05, 3.63) is 0 Å². The van der Waals surface area contributed by atoms with Gasteiger partial charge in [0.15, 0.2) is 0 Å². The normalized spacial score (nSPS) is 19.1. The molecule has 0 amide bonds. The zero-order valence-electron chi connectivity index (χ0n) is 35.0. The van der Waals surface area contributed by atoms with Gasteiger partial charge in [0.2, 0.25) is 23.8 Å². The Bertz CT molecular complexity index is 1530. The summed E-state index contributed by atoms with van der Waals surface area (Å²) in [5.74, 6) is 0.673. The number of aliphatic imine (C=N–C) groups is 2. The highest BCUT2D eigenvalue weighted by molar-refractivity contribution is 6.24. The van der Waals surface area contributed by atoms with Crippen molar-refractivity contribution >= 4 is 60.1 Å². The molecule has 2 aromatic rings. The van der Waals surface area contributed by atoms with E-state index < -0.39 is 11.9 Å². The summed E-state index contributed by atoms with van der Waals surface area (Å²) in [6, 6.07) is 0.260. The summed E-state index contributed by atoms with van der Waals surface area (Å²) in [6.07, 6.45) is 9.36. The van der Waals surface area contributed by atoms with E-state index >= 15 is 0 Å². The Kier molecular flexibility index (Phi) is 15.4. The van der Waals surface area contributed by atoms with Crippen molar-refractivity contribution in [2.45, 2.75) is 155 Å². The molecule has 0 atom stereocenters. The second-order valence-electron chi connectivity index (χ2n) is 17.1. The van der Waals surface area contributed by atoms with Crippen LogP contribution in [-0.4, -0.2) is 115 Å². The van der Waals surface area contributed by atoms with Crippen molar-refractivity contribution < 1.29 is 19.1 Å². The summed E-state index contributed by atoms with van der Waals surface area (Å²) in [4.78, 5) is 59.3. The summed E-state index contributed by atoms with van der Waals surface area (Å²) >= 11 is 0. The van der Waals surface area contributed by atoms with Crippen molar-refractivity contribution in [1.82, 2.24) is 40.5 Å². The summed E-state index contributed by atoms with van der Waals surface area (Å²) in [7, 11) is 0. The van der Waals surface area contributed by atoms with Crippen LogP contribution in [0.25, 0.3) is 0 Å². The lowest BCUT2D eigenvalue weighted by Gasteiger charge is -2.46. The number of nitrogens with zero attached hydrogens (tertiary/aromatic N) is 8. The first-order chi connectivity index (χ1) is 26.3. The van der Waals surface area contributed by atoms with E-state index in [0.29, 0.717) is 36.9 Å². The number of carbonyl (C=O) groups excluding carboxylic acids is 2. The minimum Gasteiger partial charge on any atom is -0.462 e. The van der Waals surface area contributed by atoms with E-state index in [1.54, 1.807) is 13.8 Å². The van der Waals surface area contributed by atoms with Crippen LogP contribution in [0.5, 0.6) is 0 Å². The van der Waals surface area contributed by atoms with Crippen LogP contribution in [0.4, 0.5) is 35.7 Å². The van der Waals surface area contributed by atoms with Crippen molar-refractivity contribution in [1.29, 1.82) is 0 Å². The standard InChI is InChI=1S/C38H64N14O4/c1-11-55-27(53)23-41-31-45-29(47-33(49-31)43-25-19-35(3,4)51-36(5,6)20-25)39-17-15-13-14-16-18-40-30-46-32(42-24-28(54)56-12-2)50-34(48-30)44-26-21-37(7,8)52-38(9,10)22-26/h23-26,51-52H,11-22H2,1-10H3,(H2,39,43,45,47,49)(H2,40,44,46,48,50)/b41-23+,42-24+. The number of esters is 2. The highest BCUT2D eigenvalue weighted by Gasteiger charge is 2.39. The molecule has 0 radical (unpaired) electrons. The van der Waals surface area contributed by atoms with Gasteiger partial charge in [-0.15, -0.1) is 0 Å². The lowest BCUT2D eigenvalue weighted by atomic mass is 9.79. The largest absolute Gasteiger partial charge is 0.462 e. The van der Waals surface area contributed by atoms with Gasteiger partial charge in [-0.1, -0.05) is 12.8 Å².